The summed E-state index contributed by atoms with van der Waals surface area (Å²) in [5, 5.41) is 2.97. The van der Waals surface area contributed by atoms with Crippen LogP contribution in [0.3, 0.4) is 0 Å². The molecule has 1 N–H and O–H groups in total. The van der Waals surface area contributed by atoms with Crippen LogP contribution in [-0.2, 0) is 4.79 Å². The summed E-state index contributed by atoms with van der Waals surface area (Å²) in [6.07, 6.45) is 1.88. The van der Waals surface area contributed by atoms with E-state index in [-0.39, 0.29) is 11.4 Å². The molecule has 0 aromatic carbocycles. The Morgan fingerprint density at radius 3 is 2.80 bits per heavy atom. The highest BCUT2D eigenvalue weighted by atomic mass is 16.2. The molecule has 1 amide bonds. The average molecular weight is 140 g/mol. The Morgan fingerprint density at radius 1 is 1.70 bits per heavy atom. The minimum atomic E-state index is 0.186. The van der Waals surface area contributed by atoms with Crippen molar-refractivity contribution in [3.8, 4) is 0 Å². The molecular formula is C7H12N2O. The highest BCUT2D eigenvalue weighted by Gasteiger charge is 2.46. The van der Waals surface area contributed by atoms with Crippen molar-refractivity contribution < 1.29 is 4.79 Å². The highest BCUT2D eigenvalue weighted by Crippen LogP contribution is 2.29. The molecule has 1 unspecified atom stereocenters. The fourth-order valence-corrected chi connectivity index (χ4v) is 1.91. The van der Waals surface area contributed by atoms with Crippen molar-refractivity contribution in [1.29, 1.82) is 0 Å². The Bertz CT molecular complexity index is 170. The molecule has 2 aliphatic rings. The second-order valence-corrected chi connectivity index (χ2v) is 3.49. The predicted molar refractivity (Wildman–Crippen MR) is 37.6 cm³/mol. The zero-order valence-corrected chi connectivity index (χ0v) is 6.18. The standard InChI is InChI=1S/C7H12N2O/c1-9-3-2-7(5-9)4-6(10)8-7/h2-5H2,1H3,(H,8,10). The number of likely N-dealkylation sites (tertiary alicyclic amines) is 1. The van der Waals surface area contributed by atoms with Gasteiger partial charge in [-0.25, -0.2) is 0 Å². The molecular weight excluding hydrogens is 128 g/mol. The molecule has 10 heavy (non-hydrogen) atoms. The summed E-state index contributed by atoms with van der Waals surface area (Å²) in [6.45, 7) is 2.17. The molecule has 2 saturated heterocycles. The Morgan fingerprint density at radius 2 is 2.40 bits per heavy atom. The zero-order chi connectivity index (χ0) is 7.19. The number of nitrogens with one attached hydrogen (secondary N) is 1. The van der Waals surface area contributed by atoms with Crippen molar-refractivity contribution in [3.05, 3.63) is 0 Å². The number of carbonyl (C=O) groups is 1. The summed E-state index contributed by atoms with van der Waals surface area (Å²) in [5.41, 5.74) is 0.186. The van der Waals surface area contributed by atoms with Crippen LogP contribution in [0.4, 0.5) is 0 Å². The second-order valence-electron chi connectivity index (χ2n) is 3.49. The first-order valence-corrected chi connectivity index (χ1v) is 3.70. The first-order valence-electron chi connectivity index (χ1n) is 3.70. The number of likely N-dealkylation sites (N-methyl/N-ethyl adjacent to an activating group) is 1. The summed E-state index contributed by atoms with van der Waals surface area (Å²) < 4.78 is 0. The number of hydrogen-bond acceptors (Lipinski definition) is 2. The normalized spacial score (nSPS) is 39.9. The number of carbonyl (C=O) groups excluding carboxylic acids is 1. The summed E-state index contributed by atoms with van der Waals surface area (Å²) in [7, 11) is 2.10. The smallest absolute Gasteiger partial charge is 0.222 e. The van der Waals surface area contributed by atoms with Crippen LogP contribution in [-0.4, -0.2) is 36.5 Å². The fraction of sp³-hybridized carbons (Fsp3) is 0.857. The topological polar surface area (TPSA) is 32.3 Å². The van der Waals surface area contributed by atoms with Crippen molar-refractivity contribution in [3.63, 3.8) is 0 Å². The second kappa shape index (κ2) is 1.72. The Balaban J connectivity index is 2.01. The highest BCUT2D eigenvalue weighted by molar-refractivity contribution is 5.85. The van der Waals surface area contributed by atoms with Gasteiger partial charge in [0.1, 0.15) is 0 Å². The lowest BCUT2D eigenvalue weighted by atomic mass is 9.86. The summed E-state index contributed by atoms with van der Waals surface area (Å²) in [4.78, 5) is 12.9. The van der Waals surface area contributed by atoms with Gasteiger partial charge in [0.2, 0.25) is 5.91 Å². The van der Waals surface area contributed by atoms with Gasteiger partial charge in [-0.2, -0.15) is 0 Å². The molecule has 1 atom stereocenters. The van der Waals surface area contributed by atoms with Gasteiger partial charge in [-0.3, -0.25) is 4.79 Å². The monoisotopic (exact) mass is 140 g/mol. The summed E-state index contributed by atoms with van der Waals surface area (Å²) >= 11 is 0. The quantitative estimate of drug-likeness (QED) is 0.463. The van der Waals surface area contributed by atoms with Crippen molar-refractivity contribution in [2.24, 2.45) is 0 Å². The minimum Gasteiger partial charge on any atom is -0.349 e. The third-order valence-electron chi connectivity index (χ3n) is 2.45. The first-order chi connectivity index (χ1) is 4.70. The zero-order valence-electron chi connectivity index (χ0n) is 6.18. The largest absolute Gasteiger partial charge is 0.349 e. The molecule has 0 bridgehead atoms. The lowest BCUT2D eigenvalue weighted by Crippen LogP contribution is -2.62. The average Bonchev–Trinajstić information content (AvgIpc) is 2.10. The Kier molecular flexibility index (Phi) is 1.06. The lowest BCUT2D eigenvalue weighted by molar-refractivity contribution is -0.132. The van der Waals surface area contributed by atoms with Crippen LogP contribution in [0, 0.1) is 0 Å². The number of rotatable bonds is 0. The van der Waals surface area contributed by atoms with E-state index in [1.54, 1.807) is 0 Å². The van der Waals surface area contributed by atoms with Gasteiger partial charge in [0.25, 0.3) is 0 Å². The van der Waals surface area contributed by atoms with Crippen molar-refractivity contribution in [1.82, 2.24) is 10.2 Å². The van der Waals surface area contributed by atoms with Crippen LogP contribution in [0.5, 0.6) is 0 Å². The molecule has 2 heterocycles. The van der Waals surface area contributed by atoms with Gasteiger partial charge >= 0.3 is 0 Å². The maximum absolute atomic E-state index is 10.6. The lowest BCUT2D eigenvalue weighted by Gasteiger charge is -2.38. The molecule has 2 rings (SSSR count). The van der Waals surface area contributed by atoms with Gasteiger partial charge < -0.3 is 10.2 Å². The van der Waals surface area contributed by atoms with Gasteiger partial charge in [0.15, 0.2) is 0 Å². The maximum Gasteiger partial charge on any atom is 0.222 e. The molecule has 0 aliphatic carbocycles. The van der Waals surface area contributed by atoms with Crippen LogP contribution in [0.2, 0.25) is 0 Å². The third kappa shape index (κ3) is 0.736. The van der Waals surface area contributed by atoms with E-state index in [1.807, 2.05) is 0 Å². The number of amides is 1. The van der Waals surface area contributed by atoms with Gasteiger partial charge in [0.05, 0.1) is 12.0 Å². The predicted octanol–water partition coefficient (Wildman–Crippen LogP) is -0.419. The fourth-order valence-electron chi connectivity index (χ4n) is 1.91. The number of hydrogen-bond donors (Lipinski definition) is 1. The molecule has 0 aromatic heterocycles. The molecule has 0 aromatic rings. The molecule has 2 aliphatic heterocycles. The van der Waals surface area contributed by atoms with Gasteiger partial charge in [-0.15, -0.1) is 0 Å². The molecule has 1 spiro atoms. The van der Waals surface area contributed by atoms with Crippen LogP contribution in [0.1, 0.15) is 12.8 Å². The number of β-lactam (4-membered cyclic amide) rings is 1. The van der Waals surface area contributed by atoms with E-state index in [0.29, 0.717) is 0 Å². The molecule has 3 heteroatoms. The van der Waals surface area contributed by atoms with Crippen molar-refractivity contribution in [2.75, 3.05) is 20.1 Å². The molecule has 3 nitrogen and oxygen atoms in total. The summed E-state index contributed by atoms with van der Waals surface area (Å²) in [6, 6.07) is 0. The van der Waals surface area contributed by atoms with Gasteiger partial charge in [0, 0.05) is 13.1 Å². The minimum absolute atomic E-state index is 0.186. The van der Waals surface area contributed by atoms with Crippen LogP contribution < -0.4 is 5.32 Å². The van der Waals surface area contributed by atoms with Crippen LogP contribution >= 0.6 is 0 Å². The third-order valence-corrected chi connectivity index (χ3v) is 2.45. The first kappa shape index (κ1) is 6.16. The number of nitrogens with zero attached hydrogens (tertiary/aromatic N) is 1. The maximum atomic E-state index is 10.6. The van der Waals surface area contributed by atoms with E-state index in [1.165, 1.54) is 0 Å². The van der Waals surface area contributed by atoms with E-state index in [4.69, 9.17) is 0 Å². The van der Waals surface area contributed by atoms with Gasteiger partial charge in [-0.1, -0.05) is 0 Å². The van der Waals surface area contributed by atoms with Crippen molar-refractivity contribution in [2.45, 2.75) is 18.4 Å². The van der Waals surface area contributed by atoms with E-state index >= 15 is 0 Å². The van der Waals surface area contributed by atoms with E-state index in [0.717, 1.165) is 25.9 Å². The molecule has 56 valence electrons. The van der Waals surface area contributed by atoms with E-state index in [2.05, 4.69) is 17.3 Å². The van der Waals surface area contributed by atoms with E-state index < -0.39 is 0 Å². The SMILES string of the molecule is CN1CCC2(CC(=O)N2)C1. The Hall–Kier alpha value is -0.570. The molecule has 2 fully saturated rings. The molecule has 0 saturated carbocycles. The van der Waals surface area contributed by atoms with E-state index in [9.17, 15) is 4.79 Å². The summed E-state index contributed by atoms with van der Waals surface area (Å²) in [5.74, 6) is 0.218. The van der Waals surface area contributed by atoms with Gasteiger partial charge in [-0.05, 0) is 13.5 Å². The molecule has 0 radical (unpaired) electrons. The Labute approximate surface area is 60.4 Å². The van der Waals surface area contributed by atoms with Crippen molar-refractivity contribution >= 4 is 5.91 Å². The van der Waals surface area contributed by atoms with Crippen LogP contribution in [0.25, 0.3) is 0 Å². The van der Waals surface area contributed by atoms with Crippen LogP contribution in [0.15, 0.2) is 0 Å².